The Bertz CT molecular complexity index is 867. The van der Waals surface area contributed by atoms with Crippen molar-refractivity contribution in [2.24, 2.45) is 0 Å². The summed E-state index contributed by atoms with van der Waals surface area (Å²) in [6.07, 6.45) is -1.13. The van der Waals surface area contributed by atoms with Crippen LogP contribution in [0.15, 0.2) is 24.3 Å². The van der Waals surface area contributed by atoms with Crippen LogP contribution in [-0.4, -0.2) is 18.5 Å². The Morgan fingerprint density at radius 1 is 0.821 bits per heavy atom. The minimum absolute atomic E-state index is 0.0947. The van der Waals surface area contributed by atoms with Gasteiger partial charge in [0.1, 0.15) is 6.10 Å². The van der Waals surface area contributed by atoms with Crippen molar-refractivity contribution < 1.29 is 41.0 Å². The number of hydrogen-bond donors (Lipinski definition) is 0. The van der Waals surface area contributed by atoms with Crippen LogP contribution in [0, 0.1) is 29.1 Å². The first-order chi connectivity index (χ1) is 13.2. The maximum Gasteiger partial charge on any atom is 0.338 e. The van der Waals surface area contributed by atoms with Crippen molar-refractivity contribution >= 4 is 11.9 Å². The maximum atomic E-state index is 13.8. The fraction of sp³-hybridized carbons (Fsp3) is 0.263. The molecule has 9 heteroatoms. The number of benzene rings is 2. The van der Waals surface area contributed by atoms with Gasteiger partial charge < -0.3 is 9.47 Å². The van der Waals surface area contributed by atoms with Crippen molar-refractivity contribution in [3.8, 4) is 0 Å². The number of hydrogen-bond acceptors (Lipinski definition) is 4. The van der Waals surface area contributed by atoms with Gasteiger partial charge in [-0.05, 0) is 37.6 Å². The van der Waals surface area contributed by atoms with Gasteiger partial charge in [0.05, 0.1) is 23.3 Å². The molecule has 0 fully saturated rings. The Morgan fingerprint density at radius 2 is 1.25 bits per heavy atom. The summed E-state index contributed by atoms with van der Waals surface area (Å²) in [6, 6.07) is 4.96. The van der Waals surface area contributed by atoms with E-state index < -0.39 is 52.7 Å². The Kier molecular flexibility index (Phi) is 6.71. The number of halogens is 5. The zero-order valence-electron chi connectivity index (χ0n) is 14.8. The van der Waals surface area contributed by atoms with E-state index >= 15 is 0 Å². The molecule has 0 spiro atoms. The monoisotopic (exact) mass is 402 g/mol. The second-order valence-electron chi connectivity index (χ2n) is 5.74. The first kappa shape index (κ1) is 21.3. The van der Waals surface area contributed by atoms with E-state index in [4.69, 9.17) is 9.47 Å². The highest BCUT2D eigenvalue weighted by atomic mass is 19.2. The number of ether oxygens (including phenoxy) is 2. The number of esters is 2. The summed E-state index contributed by atoms with van der Waals surface area (Å²) in [4.78, 5) is 23.8. The zero-order chi connectivity index (χ0) is 21.0. The van der Waals surface area contributed by atoms with Crippen molar-refractivity contribution in [3.63, 3.8) is 0 Å². The molecule has 1 atom stereocenters. The quantitative estimate of drug-likeness (QED) is 0.300. The van der Waals surface area contributed by atoms with Crippen molar-refractivity contribution in [2.75, 3.05) is 6.61 Å². The lowest BCUT2D eigenvalue weighted by Crippen LogP contribution is -2.15. The van der Waals surface area contributed by atoms with E-state index in [9.17, 15) is 31.5 Å². The highest BCUT2D eigenvalue weighted by Gasteiger charge is 2.30. The van der Waals surface area contributed by atoms with Gasteiger partial charge in [-0.2, -0.15) is 0 Å². The summed E-state index contributed by atoms with van der Waals surface area (Å²) in [5.41, 5.74) is -1.19. The van der Waals surface area contributed by atoms with Gasteiger partial charge in [-0.3, -0.25) is 0 Å². The van der Waals surface area contributed by atoms with Gasteiger partial charge in [0, 0.05) is 0 Å². The number of carbonyl (C=O) groups excluding carboxylic acids is 2. The van der Waals surface area contributed by atoms with Crippen LogP contribution < -0.4 is 0 Å². The van der Waals surface area contributed by atoms with Gasteiger partial charge in [-0.15, -0.1) is 0 Å². The average molecular weight is 402 g/mol. The van der Waals surface area contributed by atoms with Crippen molar-refractivity contribution in [1.29, 1.82) is 0 Å². The van der Waals surface area contributed by atoms with Crippen LogP contribution in [-0.2, 0) is 9.47 Å². The van der Waals surface area contributed by atoms with Crippen LogP contribution in [0.25, 0.3) is 0 Å². The smallest absolute Gasteiger partial charge is 0.338 e. The zero-order valence-corrected chi connectivity index (χ0v) is 14.8. The van der Waals surface area contributed by atoms with Gasteiger partial charge in [0.25, 0.3) is 0 Å². The van der Waals surface area contributed by atoms with Crippen LogP contribution in [0.3, 0.4) is 0 Å². The molecule has 0 aliphatic heterocycles. The van der Waals surface area contributed by atoms with E-state index in [1.807, 2.05) is 6.92 Å². The third kappa shape index (κ3) is 4.29. The summed E-state index contributed by atoms with van der Waals surface area (Å²) >= 11 is 0. The van der Waals surface area contributed by atoms with E-state index in [1.165, 1.54) is 24.3 Å². The fourth-order valence-electron chi connectivity index (χ4n) is 2.29. The molecule has 150 valence electrons. The molecule has 2 rings (SSSR count). The molecule has 0 saturated carbocycles. The molecule has 0 N–H and O–H groups in total. The van der Waals surface area contributed by atoms with Crippen molar-refractivity contribution in [3.05, 3.63) is 70.0 Å². The van der Waals surface area contributed by atoms with E-state index in [1.54, 1.807) is 0 Å². The van der Waals surface area contributed by atoms with Crippen LogP contribution >= 0.6 is 0 Å². The van der Waals surface area contributed by atoms with Crippen molar-refractivity contribution in [1.82, 2.24) is 0 Å². The molecule has 2 aromatic carbocycles. The predicted molar refractivity (Wildman–Crippen MR) is 87.1 cm³/mol. The lowest BCUT2D eigenvalue weighted by molar-refractivity contribution is 0.0318. The Morgan fingerprint density at radius 3 is 1.71 bits per heavy atom. The average Bonchev–Trinajstić information content (AvgIpc) is 2.69. The van der Waals surface area contributed by atoms with Gasteiger partial charge >= 0.3 is 11.9 Å². The second kappa shape index (κ2) is 8.81. The van der Waals surface area contributed by atoms with E-state index in [0.29, 0.717) is 6.42 Å². The fourth-order valence-corrected chi connectivity index (χ4v) is 2.29. The minimum Gasteiger partial charge on any atom is -0.462 e. The second-order valence-corrected chi connectivity index (χ2v) is 5.74. The summed E-state index contributed by atoms with van der Waals surface area (Å²) in [7, 11) is 0. The first-order valence-electron chi connectivity index (χ1n) is 8.18. The summed E-state index contributed by atoms with van der Waals surface area (Å²) in [5.74, 6) is -12.4. The molecule has 0 bridgehead atoms. The van der Waals surface area contributed by atoms with Crippen LogP contribution in [0.1, 0.15) is 52.7 Å². The maximum absolute atomic E-state index is 13.8. The van der Waals surface area contributed by atoms with E-state index in [-0.39, 0.29) is 17.7 Å². The van der Waals surface area contributed by atoms with E-state index in [0.717, 1.165) is 6.92 Å². The van der Waals surface area contributed by atoms with Crippen LogP contribution in [0.5, 0.6) is 0 Å². The normalized spacial score (nSPS) is 11.8. The summed E-state index contributed by atoms with van der Waals surface area (Å²) in [6.45, 7) is 3.01. The Labute approximate surface area is 156 Å². The van der Waals surface area contributed by atoms with Gasteiger partial charge in [-0.1, -0.05) is 6.92 Å². The highest BCUT2D eigenvalue weighted by Crippen LogP contribution is 2.30. The number of rotatable bonds is 6. The number of carbonyl (C=O) groups is 2. The van der Waals surface area contributed by atoms with Crippen molar-refractivity contribution in [2.45, 2.75) is 26.4 Å². The lowest BCUT2D eigenvalue weighted by atomic mass is 10.1. The molecule has 0 aliphatic carbocycles. The molecule has 4 nitrogen and oxygen atoms in total. The van der Waals surface area contributed by atoms with E-state index in [2.05, 4.69) is 0 Å². The van der Waals surface area contributed by atoms with Crippen LogP contribution in [0.4, 0.5) is 22.0 Å². The largest absolute Gasteiger partial charge is 0.462 e. The minimum atomic E-state index is -2.30. The highest BCUT2D eigenvalue weighted by molar-refractivity contribution is 5.93. The molecule has 0 amide bonds. The topological polar surface area (TPSA) is 52.6 Å². The molecule has 0 aliphatic rings. The molecule has 0 radical (unpaired) electrons. The van der Waals surface area contributed by atoms with Gasteiger partial charge in [0.2, 0.25) is 5.82 Å². The lowest BCUT2D eigenvalue weighted by Gasteiger charge is -2.16. The Hall–Kier alpha value is -2.97. The molecule has 0 aromatic heterocycles. The first-order valence-corrected chi connectivity index (χ1v) is 8.18. The van der Waals surface area contributed by atoms with Crippen LogP contribution in [0.2, 0.25) is 0 Å². The Balaban J connectivity index is 2.18. The molecule has 0 saturated heterocycles. The molecule has 1 unspecified atom stereocenters. The summed E-state index contributed by atoms with van der Waals surface area (Å²) < 4.78 is 77.0. The molecular weight excluding hydrogens is 387 g/mol. The molecule has 0 heterocycles. The predicted octanol–water partition coefficient (Wildman–Crippen LogP) is 4.87. The SMILES string of the molecule is CCCOC(=O)c1ccc(C(=O)OC(C)c2c(F)c(F)c(F)c(F)c2F)cc1. The molecule has 2 aromatic rings. The standard InChI is InChI=1S/C19H15F5O4/c1-3-8-27-18(25)10-4-6-11(7-5-10)19(26)28-9(2)12-13(20)15(22)17(24)16(23)14(12)21/h4-7,9H,3,8H2,1-2H3. The third-order valence-corrected chi connectivity index (χ3v) is 3.73. The molecular formula is C19H15F5O4. The summed E-state index contributed by atoms with van der Waals surface area (Å²) in [5, 5.41) is 0. The molecule has 28 heavy (non-hydrogen) atoms. The third-order valence-electron chi connectivity index (χ3n) is 3.73. The van der Waals surface area contributed by atoms with Gasteiger partial charge in [0.15, 0.2) is 23.3 Å². The van der Waals surface area contributed by atoms with Gasteiger partial charge in [-0.25, -0.2) is 31.5 Å².